The van der Waals surface area contributed by atoms with Gasteiger partial charge in [0.15, 0.2) is 0 Å². The maximum absolute atomic E-state index is 13.0. The van der Waals surface area contributed by atoms with Crippen molar-refractivity contribution in [3.63, 3.8) is 0 Å². The van der Waals surface area contributed by atoms with Gasteiger partial charge in [-0.15, -0.1) is 0 Å². The molecule has 0 spiro atoms. The van der Waals surface area contributed by atoms with Crippen molar-refractivity contribution in [1.29, 1.82) is 0 Å². The van der Waals surface area contributed by atoms with Crippen LogP contribution in [0, 0.1) is 32.6 Å². The Balaban J connectivity index is 1.30. The molecule has 0 radical (unpaired) electrons. The zero-order valence-corrected chi connectivity index (χ0v) is 16.4. The normalized spacial score (nSPS) is 21.5. The molecular formula is C21H24N6O. The molecular weight excluding hydrogens is 352 g/mol. The fraction of sp³-hybridized carbons (Fsp3) is 0.429. The van der Waals surface area contributed by atoms with E-state index in [4.69, 9.17) is 0 Å². The molecule has 2 aromatic heterocycles. The minimum absolute atomic E-state index is 0.115. The molecule has 1 amide bonds. The molecule has 7 nitrogen and oxygen atoms in total. The maximum Gasteiger partial charge on any atom is 0.253 e. The molecule has 5 rings (SSSR count). The smallest absolute Gasteiger partial charge is 0.253 e. The van der Waals surface area contributed by atoms with Crippen molar-refractivity contribution in [2.75, 3.05) is 31.1 Å². The van der Waals surface area contributed by atoms with Gasteiger partial charge in [-0.05, 0) is 39.0 Å². The minimum atomic E-state index is 0.115. The summed E-state index contributed by atoms with van der Waals surface area (Å²) in [5.74, 6) is 3.02. The van der Waals surface area contributed by atoms with Gasteiger partial charge in [0, 0.05) is 54.8 Å². The third-order valence-corrected chi connectivity index (χ3v) is 6.23. The lowest BCUT2D eigenvalue weighted by Gasteiger charge is -2.24. The van der Waals surface area contributed by atoms with Crippen molar-refractivity contribution in [1.82, 2.24) is 24.8 Å². The Morgan fingerprint density at radius 3 is 2.57 bits per heavy atom. The average molecular weight is 376 g/mol. The first-order valence-electron chi connectivity index (χ1n) is 9.78. The lowest BCUT2D eigenvalue weighted by atomic mass is 10.0. The van der Waals surface area contributed by atoms with Gasteiger partial charge >= 0.3 is 0 Å². The molecule has 3 aromatic rings. The van der Waals surface area contributed by atoms with Gasteiger partial charge < -0.3 is 14.8 Å². The van der Waals surface area contributed by atoms with Crippen LogP contribution in [0.2, 0.25) is 0 Å². The van der Waals surface area contributed by atoms with E-state index in [1.807, 2.05) is 36.9 Å². The quantitative estimate of drug-likeness (QED) is 0.743. The standard InChI is InChI=1S/C21H24N6O/c1-12-13(2)22-11-23-20(12)26-7-16-9-27(10-17(16)8-26)21(28)15-4-5-18-19(6-15)25-14(3)24-18/h4-6,11,16-17H,7-10H2,1-3H3,(H,24,25). The van der Waals surface area contributed by atoms with Crippen molar-refractivity contribution in [3.05, 3.63) is 47.2 Å². The summed E-state index contributed by atoms with van der Waals surface area (Å²) in [5, 5.41) is 0. The molecule has 144 valence electrons. The third kappa shape index (κ3) is 2.73. The van der Waals surface area contributed by atoms with Crippen LogP contribution >= 0.6 is 0 Å². The number of nitrogens with one attached hydrogen (secondary N) is 1. The van der Waals surface area contributed by atoms with Crippen LogP contribution in [0.5, 0.6) is 0 Å². The predicted molar refractivity (Wildman–Crippen MR) is 107 cm³/mol. The summed E-state index contributed by atoms with van der Waals surface area (Å²) in [5.41, 5.74) is 4.74. The number of hydrogen-bond donors (Lipinski definition) is 1. The van der Waals surface area contributed by atoms with E-state index in [-0.39, 0.29) is 5.91 Å². The van der Waals surface area contributed by atoms with Gasteiger partial charge in [-0.1, -0.05) is 0 Å². The zero-order chi connectivity index (χ0) is 19.4. The molecule has 4 heterocycles. The summed E-state index contributed by atoms with van der Waals surface area (Å²) in [6.45, 7) is 9.55. The number of aromatic amines is 1. The van der Waals surface area contributed by atoms with Crippen LogP contribution in [-0.4, -0.2) is 56.9 Å². The van der Waals surface area contributed by atoms with Gasteiger partial charge in [0.05, 0.1) is 11.0 Å². The number of hydrogen-bond acceptors (Lipinski definition) is 5. The molecule has 2 atom stereocenters. The number of imidazole rings is 1. The van der Waals surface area contributed by atoms with Crippen LogP contribution in [0.4, 0.5) is 5.82 Å². The second kappa shape index (κ2) is 6.29. The predicted octanol–water partition coefficient (Wildman–Crippen LogP) is 2.49. The van der Waals surface area contributed by atoms with E-state index in [2.05, 4.69) is 31.8 Å². The average Bonchev–Trinajstić information content (AvgIpc) is 3.34. The molecule has 28 heavy (non-hydrogen) atoms. The van der Waals surface area contributed by atoms with Gasteiger partial charge in [-0.25, -0.2) is 15.0 Å². The Labute approximate surface area is 163 Å². The number of likely N-dealkylation sites (tertiary alicyclic amines) is 1. The topological polar surface area (TPSA) is 78.0 Å². The van der Waals surface area contributed by atoms with Gasteiger partial charge in [0.1, 0.15) is 18.0 Å². The molecule has 7 heteroatoms. The highest BCUT2D eigenvalue weighted by molar-refractivity contribution is 5.97. The van der Waals surface area contributed by atoms with Crippen molar-refractivity contribution >= 4 is 22.8 Å². The number of fused-ring (bicyclic) bond motifs is 2. The second-order valence-corrected chi connectivity index (χ2v) is 8.10. The molecule has 2 aliphatic rings. The van der Waals surface area contributed by atoms with Crippen LogP contribution in [-0.2, 0) is 0 Å². The Bertz CT molecular complexity index is 1060. The summed E-state index contributed by atoms with van der Waals surface area (Å²) in [4.78, 5) is 33.8. The number of nitrogens with zero attached hydrogens (tertiary/aromatic N) is 5. The van der Waals surface area contributed by atoms with Crippen molar-refractivity contribution in [2.24, 2.45) is 11.8 Å². The lowest BCUT2D eigenvalue weighted by Crippen LogP contribution is -2.33. The van der Waals surface area contributed by atoms with Crippen LogP contribution in [0.3, 0.4) is 0 Å². The molecule has 2 fully saturated rings. The Hall–Kier alpha value is -2.96. The number of H-pyrrole nitrogens is 1. The summed E-state index contributed by atoms with van der Waals surface area (Å²) in [7, 11) is 0. The van der Waals surface area contributed by atoms with Crippen LogP contribution in [0.1, 0.15) is 27.4 Å². The van der Waals surface area contributed by atoms with E-state index in [0.717, 1.165) is 65.7 Å². The summed E-state index contributed by atoms with van der Waals surface area (Å²) in [6, 6.07) is 5.73. The number of aryl methyl sites for hydroxylation is 2. The number of rotatable bonds is 2. The fourth-order valence-electron chi connectivity index (χ4n) is 4.63. The second-order valence-electron chi connectivity index (χ2n) is 8.10. The highest BCUT2D eigenvalue weighted by Crippen LogP contribution is 2.35. The summed E-state index contributed by atoms with van der Waals surface area (Å²) < 4.78 is 0. The molecule has 2 saturated heterocycles. The molecule has 0 bridgehead atoms. The minimum Gasteiger partial charge on any atom is -0.356 e. The van der Waals surface area contributed by atoms with Crippen molar-refractivity contribution in [2.45, 2.75) is 20.8 Å². The number of anilines is 1. The number of amides is 1. The molecule has 2 aliphatic heterocycles. The van der Waals surface area contributed by atoms with E-state index >= 15 is 0 Å². The summed E-state index contributed by atoms with van der Waals surface area (Å²) in [6.07, 6.45) is 1.65. The Morgan fingerprint density at radius 1 is 1.07 bits per heavy atom. The Kier molecular flexibility index (Phi) is 3.86. The molecule has 0 aliphatic carbocycles. The largest absolute Gasteiger partial charge is 0.356 e. The highest BCUT2D eigenvalue weighted by Gasteiger charge is 2.42. The zero-order valence-electron chi connectivity index (χ0n) is 16.4. The van der Waals surface area contributed by atoms with Crippen molar-refractivity contribution < 1.29 is 4.79 Å². The Morgan fingerprint density at radius 2 is 1.82 bits per heavy atom. The van der Waals surface area contributed by atoms with Crippen LogP contribution in [0.25, 0.3) is 11.0 Å². The molecule has 0 saturated carbocycles. The summed E-state index contributed by atoms with van der Waals surface area (Å²) >= 11 is 0. The van der Waals surface area contributed by atoms with Gasteiger partial charge in [-0.2, -0.15) is 0 Å². The van der Waals surface area contributed by atoms with Gasteiger partial charge in [-0.3, -0.25) is 4.79 Å². The molecule has 1 aromatic carbocycles. The van der Waals surface area contributed by atoms with E-state index in [0.29, 0.717) is 11.8 Å². The number of benzene rings is 1. The SMILES string of the molecule is Cc1nc2ccc(C(=O)N3CC4CN(c5ncnc(C)c5C)CC4C3)cc2[nH]1. The molecule has 2 unspecified atom stereocenters. The molecule has 1 N–H and O–H groups in total. The van der Waals surface area contributed by atoms with E-state index < -0.39 is 0 Å². The number of carbonyl (C=O) groups is 1. The first-order chi connectivity index (χ1) is 13.5. The van der Waals surface area contributed by atoms with E-state index in [1.165, 1.54) is 0 Å². The van der Waals surface area contributed by atoms with Gasteiger partial charge in [0.25, 0.3) is 5.91 Å². The van der Waals surface area contributed by atoms with Gasteiger partial charge in [0.2, 0.25) is 0 Å². The van der Waals surface area contributed by atoms with Crippen LogP contribution < -0.4 is 4.90 Å². The van der Waals surface area contributed by atoms with E-state index in [9.17, 15) is 4.79 Å². The number of aromatic nitrogens is 4. The first-order valence-corrected chi connectivity index (χ1v) is 9.78. The maximum atomic E-state index is 13.0. The first kappa shape index (κ1) is 17.2. The van der Waals surface area contributed by atoms with Crippen LogP contribution in [0.15, 0.2) is 24.5 Å². The number of carbonyl (C=O) groups excluding carboxylic acids is 1. The fourth-order valence-corrected chi connectivity index (χ4v) is 4.63. The van der Waals surface area contributed by atoms with E-state index in [1.54, 1.807) is 6.33 Å². The monoisotopic (exact) mass is 376 g/mol. The lowest BCUT2D eigenvalue weighted by molar-refractivity contribution is 0.0782. The third-order valence-electron chi connectivity index (χ3n) is 6.23. The highest BCUT2D eigenvalue weighted by atomic mass is 16.2. The van der Waals surface area contributed by atoms with Crippen molar-refractivity contribution in [3.8, 4) is 0 Å².